The molecule has 1 rings (SSSR count). The number of nitrogens with two attached hydrogens (primary N) is 1. The van der Waals surface area contributed by atoms with Crippen LogP contribution in [-0.4, -0.2) is 17.3 Å². The summed E-state index contributed by atoms with van der Waals surface area (Å²) >= 11 is 5.60. The quantitative estimate of drug-likeness (QED) is 0.810. The molecule has 0 amide bonds. The predicted molar refractivity (Wildman–Crippen MR) is 54.8 cm³/mol. The molecule has 0 heterocycles. The molecule has 1 aromatic carbocycles. The molecule has 78 valence electrons. The fourth-order valence-electron chi connectivity index (χ4n) is 1.17. The normalized spacial score (nSPS) is 15.2. The lowest BCUT2D eigenvalue weighted by atomic mass is 9.96. The third kappa shape index (κ3) is 2.67. The average molecular weight is 218 g/mol. The molecule has 1 aromatic rings. The SMILES string of the molecule is CC(O)(CN)Cc1cccc(Cl)c1F. The second kappa shape index (κ2) is 4.26. The summed E-state index contributed by atoms with van der Waals surface area (Å²) < 4.78 is 13.4. The number of hydrogen-bond acceptors (Lipinski definition) is 2. The van der Waals surface area contributed by atoms with Crippen molar-refractivity contribution < 1.29 is 9.50 Å². The number of hydrogen-bond donors (Lipinski definition) is 2. The molecular formula is C10H13ClFNO. The van der Waals surface area contributed by atoms with Gasteiger partial charge in [-0.15, -0.1) is 0 Å². The zero-order chi connectivity index (χ0) is 10.8. The number of halogens is 2. The maximum atomic E-state index is 13.4. The van der Waals surface area contributed by atoms with E-state index in [4.69, 9.17) is 17.3 Å². The molecule has 14 heavy (non-hydrogen) atoms. The molecule has 0 aromatic heterocycles. The Morgan fingerprint density at radius 1 is 1.57 bits per heavy atom. The first kappa shape index (κ1) is 11.4. The molecule has 0 saturated heterocycles. The van der Waals surface area contributed by atoms with Gasteiger partial charge in [0, 0.05) is 13.0 Å². The maximum absolute atomic E-state index is 13.4. The Hall–Kier alpha value is -0.640. The summed E-state index contributed by atoms with van der Waals surface area (Å²) in [5.74, 6) is -0.483. The van der Waals surface area contributed by atoms with Gasteiger partial charge in [0.1, 0.15) is 5.82 Å². The number of aliphatic hydroxyl groups is 1. The first-order valence-corrected chi connectivity index (χ1v) is 4.69. The molecule has 4 heteroatoms. The fraction of sp³-hybridized carbons (Fsp3) is 0.400. The van der Waals surface area contributed by atoms with Gasteiger partial charge in [0.2, 0.25) is 0 Å². The van der Waals surface area contributed by atoms with Crippen LogP contribution in [-0.2, 0) is 6.42 Å². The molecule has 0 aliphatic carbocycles. The molecule has 0 spiro atoms. The number of rotatable bonds is 3. The minimum atomic E-state index is -1.09. The van der Waals surface area contributed by atoms with Gasteiger partial charge in [-0.2, -0.15) is 0 Å². The molecule has 3 N–H and O–H groups in total. The van der Waals surface area contributed by atoms with Gasteiger partial charge >= 0.3 is 0 Å². The zero-order valence-corrected chi connectivity index (χ0v) is 8.68. The molecule has 0 fully saturated rings. The first-order valence-electron chi connectivity index (χ1n) is 4.31. The summed E-state index contributed by atoms with van der Waals surface area (Å²) in [5.41, 5.74) is 4.63. The van der Waals surface area contributed by atoms with Crippen molar-refractivity contribution in [2.75, 3.05) is 6.54 Å². The Labute approximate surface area is 87.5 Å². The van der Waals surface area contributed by atoms with Gasteiger partial charge in [0.25, 0.3) is 0 Å². The Balaban J connectivity index is 2.92. The molecule has 0 aliphatic rings. The van der Waals surface area contributed by atoms with Gasteiger partial charge in [-0.25, -0.2) is 4.39 Å². The smallest absolute Gasteiger partial charge is 0.145 e. The highest BCUT2D eigenvalue weighted by atomic mass is 35.5. The largest absolute Gasteiger partial charge is 0.389 e. The lowest BCUT2D eigenvalue weighted by Crippen LogP contribution is -2.36. The van der Waals surface area contributed by atoms with Crippen molar-refractivity contribution >= 4 is 11.6 Å². The number of benzene rings is 1. The molecule has 0 aliphatic heterocycles. The summed E-state index contributed by atoms with van der Waals surface area (Å²) in [6.07, 6.45) is 0.163. The van der Waals surface area contributed by atoms with E-state index in [-0.39, 0.29) is 18.0 Å². The highest BCUT2D eigenvalue weighted by Gasteiger charge is 2.21. The summed E-state index contributed by atoms with van der Waals surface area (Å²) in [7, 11) is 0. The van der Waals surface area contributed by atoms with Crippen LogP contribution in [0.1, 0.15) is 12.5 Å². The van der Waals surface area contributed by atoms with Crippen LogP contribution in [0.4, 0.5) is 4.39 Å². The van der Waals surface area contributed by atoms with Crippen molar-refractivity contribution in [3.8, 4) is 0 Å². The van der Waals surface area contributed by atoms with Crippen LogP contribution < -0.4 is 5.73 Å². The second-order valence-corrected chi connectivity index (χ2v) is 4.00. The van der Waals surface area contributed by atoms with Crippen molar-refractivity contribution in [2.24, 2.45) is 5.73 Å². The van der Waals surface area contributed by atoms with Crippen LogP contribution in [0.2, 0.25) is 5.02 Å². The molecule has 1 atom stereocenters. The van der Waals surface area contributed by atoms with Crippen LogP contribution in [0.3, 0.4) is 0 Å². The van der Waals surface area contributed by atoms with E-state index < -0.39 is 11.4 Å². The maximum Gasteiger partial charge on any atom is 0.145 e. The van der Waals surface area contributed by atoms with Crippen molar-refractivity contribution in [1.29, 1.82) is 0 Å². The molecular weight excluding hydrogens is 205 g/mol. The second-order valence-electron chi connectivity index (χ2n) is 3.59. The monoisotopic (exact) mass is 217 g/mol. The predicted octanol–water partition coefficient (Wildman–Crippen LogP) is 1.73. The Bertz CT molecular complexity index is 328. The lowest BCUT2D eigenvalue weighted by Gasteiger charge is -2.21. The molecule has 1 unspecified atom stereocenters. The van der Waals surface area contributed by atoms with Gasteiger partial charge in [-0.3, -0.25) is 0 Å². The molecule has 2 nitrogen and oxygen atoms in total. The van der Waals surface area contributed by atoms with Crippen molar-refractivity contribution in [3.05, 3.63) is 34.6 Å². The third-order valence-corrected chi connectivity index (χ3v) is 2.33. The van der Waals surface area contributed by atoms with E-state index in [0.29, 0.717) is 5.56 Å². The summed E-state index contributed by atoms with van der Waals surface area (Å²) in [4.78, 5) is 0. The highest BCUT2D eigenvalue weighted by molar-refractivity contribution is 6.30. The zero-order valence-electron chi connectivity index (χ0n) is 7.93. The Morgan fingerprint density at radius 2 is 2.21 bits per heavy atom. The summed E-state index contributed by atoms with van der Waals surface area (Å²) in [6, 6.07) is 4.70. The topological polar surface area (TPSA) is 46.2 Å². The van der Waals surface area contributed by atoms with Crippen molar-refractivity contribution in [3.63, 3.8) is 0 Å². The third-order valence-electron chi connectivity index (χ3n) is 2.04. The minimum Gasteiger partial charge on any atom is -0.389 e. The van der Waals surface area contributed by atoms with Gasteiger partial charge in [0.15, 0.2) is 0 Å². The first-order chi connectivity index (χ1) is 6.46. The van der Waals surface area contributed by atoms with Gasteiger partial charge in [-0.05, 0) is 18.6 Å². The highest BCUT2D eigenvalue weighted by Crippen LogP contribution is 2.21. The minimum absolute atomic E-state index is 0.0651. The lowest BCUT2D eigenvalue weighted by molar-refractivity contribution is 0.0687. The van der Waals surface area contributed by atoms with Crippen molar-refractivity contribution in [2.45, 2.75) is 18.9 Å². The van der Waals surface area contributed by atoms with E-state index in [2.05, 4.69) is 0 Å². The Kier molecular flexibility index (Phi) is 3.48. The van der Waals surface area contributed by atoms with E-state index >= 15 is 0 Å². The van der Waals surface area contributed by atoms with E-state index in [1.165, 1.54) is 6.07 Å². The molecule has 0 bridgehead atoms. The van der Waals surface area contributed by atoms with E-state index in [9.17, 15) is 9.50 Å². The fourth-order valence-corrected chi connectivity index (χ4v) is 1.36. The van der Waals surface area contributed by atoms with Crippen LogP contribution in [0.25, 0.3) is 0 Å². The van der Waals surface area contributed by atoms with E-state index in [0.717, 1.165) is 0 Å². The van der Waals surface area contributed by atoms with Crippen LogP contribution >= 0.6 is 11.6 Å². The van der Waals surface area contributed by atoms with Crippen LogP contribution in [0.15, 0.2) is 18.2 Å². The van der Waals surface area contributed by atoms with Gasteiger partial charge in [0.05, 0.1) is 10.6 Å². The van der Waals surface area contributed by atoms with Gasteiger partial charge < -0.3 is 10.8 Å². The Morgan fingerprint density at radius 3 is 2.79 bits per heavy atom. The molecule has 0 saturated carbocycles. The van der Waals surface area contributed by atoms with E-state index in [1.54, 1.807) is 19.1 Å². The average Bonchev–Trinajstić information content (AvgIpc) is 2.13. The molecule has 0 radical (unpaired) electrons. The van der Waals surface area contributed by atoms with E-state index in [1.807, 2.05) is 0 Å². The van der Waals surface area contributed by atoms with Crippen LogP contribution in [0, 0.1) is 5.82 Å². The summed E-state index contributed by atoms with van der Waals surface area (Å²) in [5, 5.41) is 9.72. The standard InChI is InChI=1S/C10H13ClFNO/c1-10(14,6-13)5-7-3-2-4-8(11)9(7)12/h2-4,14H,5-6,13H2,1H3. The van der Waals surface area contributed by atoms with Gasteiger partial charge in [-0.1, -0.05) is 23.7 Å². The van der Waals surface area contributed by atoms with Crippen molar-refractivity contribution in [1.82, 2.24) is 0 Å². The van der Waals surface area contributed by atoms with Crippen LogP contribution in [0.5, 0.6) is 0 Å². The summed E-state index contributed by atoms with van der Waals surface area (Å²) in [6.45, 7) is 1.65.